The highest BCUT2D eigenvalue weighted by atomic mass is 32.3. The van der Waals surface area contributed by atoms with Crippen molar-refractivity contribution >= 4 is 11.2 Å². The lowest BCUT2D eigenvalue weighted by Gasteiger charge is -2.10. The summed E-state index contributed by atoms with van der Waals surface area (Å²) in [6, 6.07) is 9.40. The minimum atomic E-state index is -5.19. The van der Waals surface area contributed by atoms with Gasteiger partial charge in [0.1, 0.15) is 5.82 Å². The van der Waals surface area contributed by atoms with E-state index in [0.717, 1.165) is 12.1 Å². The van der Waals surface area contributed by atoms with E-state index < -0.39 is 16.1 Å². The second-order valence-corrected chi connectivity index (χ2v) is 5.18. The smallest absolute Gasteiger partial charge is 0.207 e. The van der Waals surface area contributed by atoms with Gasteiger partial charge in [-0.25, -0.2) is 4.39 Å². The summed E-state index contributed by atoms with van der Waals surface area (Å²) in [6.07, 6.45) is 0. The van der Waals surface area contributed by atoms with Crippen molar-refractivity contribution in [1.29, 1.82) is 0 Å². The van der Waals surface area contributed by atoms with E-state index in [4.69, 9.17) is 0 Å². The lowest BCUT2D eigenvalue weighted by Crippen LogP contribution is -1.85. The van der Waals surface area contributed by atoms with Crippen LogP contribution in [-0.4, -0.2) is 0 Å². The molecule has 2 aromatic rings. The van der Waals surface area contributed by atoms with E-state index in [2.05, 4.69) is 0 Å². The summed E-state index contributed by atoms with van der Waals surface area (Å²) >= 11 is -5.19. The predicted octanol–water partition coefficient (Wildman–Crippen LogP) is 5.62. The zero-order chi connectivity index (χ0) is 13.3. The third kappa shape index (κ3) is 2.67. The van der Waals surface area contributed by atoms with E-state index in [9.17, 15) is 16.0 Å². The summed E-state index contributed by atoms with van der Waals surface area (Å²) in [5.41, 5.74) is 1.65. The highest BCUT2D eigenvalue weighted by molar-refractivity contribution is 8.20. The molecule has 0 aliphatic rings. The number of hydrogen-bond acceptors (Lipinski definition) is 0. The van der Waals surface area contributed by atoms with Gasteiger partial charge in [-0.05, 0) is 41.8 Å². The molecule has 0 nitrogen and oxygen atoms in total. The number of aryl methyl sites for hydroxylation is 1. The SMILES string of the molecule is Cc1ccc(-c2ccc(S(F)(F)F)cc2)cc1F. The second-order valence-electron chi connectivity index (χ2n) is 3.89. The molecule has 0 fully saturated rings. The standard InChI is InChI=1S/C13H10F4S/c1-9-2-3-11(8-13(9)14)10-4-6-12(7-5-10)18(15,16)17/h2-8H,1H3. The number of benzene rings is 2. The first-order chi connectivity index (χ1) is 8.38. The molecular formula is C13H10F4S. The van der Waals surface area contributed by atoms with E-state index in [1.807, 2.05) is 0 Å². The molecule has 0 unspecified atom stereocenters. The van der Waals surface area contributed by atoms with Crippen LogP contribution in [0, 0.1) is 12.7 Å². The van der Waals surface area contributed by atoms with Crippen LogP contribution >= 0.6 is 11.2 Å². The molecule has 0 aliphatic carbocycles. The molecule has 2 aromatic carbocycles. The van der Waals surface area contributed by atoms with Gasteiger partial charge in [0.15, 0.2) is 0 Å². The van der Waals surface area contributed by atoms with Gasteiger partial charge in [-0.3, -0.25) is 0 Å². The molecule has 0 N–H and O–H groups in total. The highest BCUT2D eigenvalue weighted by Gasteiger charge is 2.23. The molecule has 0 saturated heterocycles. The third-order valence-electron chi connectivity index (χ3n) is 2.63. The fourth-order valence-electron chi connectivity index (χ4n) is 1.57. The van der Waals surface area contributed by atoms with Crippen molar-refractivity contribution < 1.29 is 16.0 Å². The summed E-state index contributed by atoms with van der Waals surface area (Å²) in [5, 5.41) is 0. The molecule has 0 atom stereocenters. The van der Waals surface area contributed by atoms with Crippen LogP contribution in [0.3, 0.4) is 0 Å². The van der Waals surface area contributed by atoms with Crippen LogP contribution in [0.2, 0.25) is 0 Å². The Morgan fingerprint density at radius 3 is 1.89 bits per heavy atom. The van der Waals surface area contributed by atoms with E-state index in [0.29, 0.717) is 16.7 Å². The van der Waals surface area contributed by atoms with Crippen LogP contribution < -0.4 is 0 Å². The summed E-state index contributed by atoms with van der Waals surface area (Å²) in [5.74, 6) is -0.363. The van der Waals surface area contributed by atoms with Gasteiger partial charge in [0, 0.05) is 0 Å². The van der Waals surface area contributed by atoms with Crippen molar-refractivity contribution in [2.45, 2.75) is 11.8 Å². The van der Waals surface area contributed by atoms with Gasteiger partial charge in [-0.2, -0.15) is 0 Å². The van der Waals surface area contributed by atoms with Gasteiger partial charge in [0.25, 0.3) is 0 Å². The molecule has 0 heterocycles. The van der Waals surface area contributed by atoms with Gasteiger partial charge in [-0.1, -0.05) is 24.3 Å². The summed E-state index contributed by atoms with van der Waals surface area (Å²) in [6.45, 7) is 1.63. The monoisotopic (exact) mass is 274 g/mol. The predicted molar refractivity (Wildman–Crippen MR) is 65.8 cm³/mol. The molecule has 2 rings (SSSR count). The minimum Gasteiger partial charge on any atom is -0.207 e. The van der Waals surface area contributed by atoms with Gasteiger partial charge in [-0.15, -0.1) is 11.7 Å². The normalized spacial score (nSPS) is 12.5. The minimum absolute atomic E-state index is 0.363. The van der Waals surface area contributed by atoms with Gasteiger partial charge >= 0.3 is 0 Å². The summed E-state index contributed by atoms with van der Waals surface area (Å²) in [4.78, 5) is -0.626. The van der Waals surface area contributed by atoms with Crippen molar-refractivity contribution in [2.75, 3.05) is 0 Å². The first-order valence-corrected chi connectivity index (χ1v) is 6.50. The number of halogens is 4. The van der Waals surface area contributed by atoms with E-state index in [1.54, 1.807) is 19.1 Å². The Morgan fingerprint density at radius 2 is 1.39 bits per heavy atom. The maximum absolute atomic E-state index is 13.4. The molecule has 0 amide bonds. The Labute approximate surface area is 104 Å². The Kier molecular flexibility index (Phi) is 3.34. The maximum Gasteiger partial charge on any atom is 0.237 e. The molecule has 96 valence electrons. The Balaban J connectivity index is 2.37. The molecule has 5 heteroatoms. The Morgan fingerprint density at radius 1 is 0.833 bits per heavy atom. The maximum atomic E-state index is 13.4. The fourth-order valence-corrected chi connectivity index (χ4v) is 2.02. The van der Waals surface area contributed by atoms with Gasteiger partial charge in [0.2, 0.25) is 11.2 Å². The summed E-state index contributed by atoms with van der Waals surface area (Å²) < 4.78 is 50.7. The van der Waals surface area contributed by atoms with Crippen LogP contribution in [-0.2, 0) is 0 Å². The third-order valence-corrected chi connectivity index (χ3v) is 3.43. The van der Waals surface area contributed by atoms with E-state index in [-0.39, 0.29) is 5.82 Å². The van der Waals surface area contributed by atoms with Crippen LogP contribution in [0.25, 0.3) is 11.1 Å². The molecule has 0 aliphatic heterocycles. The van der Waals surface area contributed by atoms with E-state index >= 15 is 0 Å². The molecular weight excluding hydrogens is 264 g/mol. The Hall–Kier alpha value is -1.49. The molecule has 0 radical (unpaired) electrons. The van der Waals surface area contributed by atoms with Crippen molar-refractivity contribution in [3.63, 3.8) is 0 Å². The molecule has 0 aromatic heterocycles. The lowest BCUT2D eigenvalue weighted by atomic mass is 10.0. The number of rotatable bonds is 2. The van der Waals surface area contributed by atoms with Crippen molar-refractivity contribution in [3.05, 3.63) is 53.8 Å². The topological polar surface area (TPSA) is 0 Å². The molecule has 0 saturated carbocycles. The number of hydrogen-bond donors (Lipinski definition) is 0. The molecule has 18 heavy (non-hydrogen) atoms. The van der Waals surface area contributed by atoms with Crippen LogP contribution in [0.15, 0.2) is 47.4 Å². The van der Waals surface area contributed by atoms with E-state index in [1.165, 1.54) is 18.2 Å². The van der Waals surface area contributed by atoms with Gasteiger partial charge in [0.05, 0.1) is 4.90 Å². The average molecular weight is 274 g/mol. The first kappa shape index (κ1) is 13.0. The van der Waals surface area contributed by atoms with Crippen LogP contribution in [0.5, 0.6) is 0 Å². The quantitative estimate of drug-likeness (QED) is 0.624. The van der Waals surface area contributed by atoms with Crippen molar-refractivity contribution in [3.8, 4) is 11.1 Å². The summed E-state index contributed by atoms with van der Waals surface area (Å²) in [7, 11) is 0. The Bertz CT molecular complexity index is 558. The highest BCUT2D eigenvalue weighted by Crippen LogP contribution is 2.60. The van der Waals surface area contributed by atoms with Gasteiger partial charge < -0.3 is 0 Å². The second kappa shape index (κ2) is 4.65. The zero-order valence-corrected chi connectivity index (χ0v) is 10.3. The van der Waals surface area contributed by atoms with Crippen LogP contribution in [0.1, 0.15) is 5.56 Å². The largest absolute Gasteiger partial charge is 0.237 e. The van der Waals surface area contributed by atoms with Crippen molar-refractivity contribution in [1.82, 2.24) is 0 Å². The van der Waals surface area contributed by atoms with Crippen molar-refractivity contribution in [2.24, 2.45) is 0 Å². The first-order valence-electron chi connectivity index (χ1n) is 5.17. The fraction of sp³-hybridized carbons (Fsp3) is 0.0769. The van der Waals surface area contributed by atoms with Crippen LogP contribution in [0.4, 0.5) is 16.0 Å². The zero-order valence-electron chi connectivity index (χ0n) is 9.46. The molecule has 0 spiro atoms. The lowest BCUT2D eigenvalue weighted by molar-refractivity contribution is 0.619. The average Bonchev–Trinajstić information content (AvgIpc) is 2.32. The molecule has 0 bridgehead atoms.